The first-order valence-corrected chi connectivity index (χ1v) is 8.98. The molecule has 1 saturated carbocycles. The summed E-state index contributed by atoms with van der Waals surface area (Å²) < 4.78 is 21.9. The van der Waals surface area contributed by atoms with Crippen LogP contribution in [0.1, 0.15) is 21.7 Å². The molecule has 26 heavy (non-hydrogen) atoms. The summed E-state index contributed by atoms with van der Waals surface area (Å²) in [6.45, 7) is 2.90. The fraction of sp³-hybridized carbons (Fsp3) is 0.500. The predicted molar refractivity (Wildman–Crippen MR) is 89.1 cm³/mol. The molecule has 12 heteroatoms. The molecule has 1 aromatic heterocycles. The van der Waals surface area contributed by atoms with E-state index >= 15 is 0 Å². The zero-order chi connectivity index (χ0) is 18.8. The minimum atomic E-state index is -4.68. The van der Waals surface area contributed by atoms with Crippen LogP contribution in [0, 0.1) is 11.3 Å². The van der Waals surface area contributed by atoms with Crippen molar-refractivity contribution < 1.29 is 48.7 Å². The quantitative estimate of drug-likeness (QED) is 0.264. The Bertz CT molecular complexity index is 810. The standard InChI is InChI=1S/C14H20N3O7P.Li.H/c1-9(2)12(18)23-7-14(8-24-25(20,21)22)5-10(14)6-17-4-3-11(15)16-13(17)19;;/h3-4,6,9H,5,7-8H2,1-2H3,(H2,15,16,19)(H2,20,21,22);;/q;+1;-1/b10-6-;;/t14-;;/m0../s1. The van der Waals surface area contributed by atoms with E-state index in [0.29, 0.717) is 12.0 Å². The van der Waals surface area contributed by atoms with Crippen molar-refractivity contribution in [3.8, 4) is 0 Å². The normalized spacial score (nSPS) is 20.7. The van der Waals surface area contributed by atoms with E-state index in [1.165, 1.54) is 23.0 Å². The van der Waals surface area contributed by atoms with Gasteiger partial charge in [-0.05, 0) is 18.1 Å². The Balaban J connectivity index is 0.00000338. The fourth-order valence-electron chi connectivity index (χ4n) is 2.11. The van der Waals surface area contributed by atoms with E-state index in [1.807, 2.05) is 0 Å². The molecule has 1 aromatic rings. The first kappa shape index (κ1) is 22.6. The van der Waals surface area contributed by atoms with Crippen molar-refractivity contribution in [3.63, 3.8) is 0 Å². The zero-order valence-corrected chi connectivity index (χ0v) is 15.7. The molecule has 0 spiro atoms. The maximum absolute atomic E-state index is 11.8. The number of phosphoric acid groups is 1. The zero-order valence-electron chi connectivity index (χ0n) is 15.8. The number of aromatic nitrogens is 2. The molecule has 140 valence electrons. The van der Waals surface area contributed by atoms with Gasteiger partial charge in [-0.25, -0.2) is 9.36 Å². The Labute approximate surface area is 163 Å². The van der Waals surface area contributed by atoms with Crippen molar-refractivity contribution in [2.75, 3.05) is 18.9 Å². The van der Waals surface area contributed by atoms with Gasteiger partial charge in [-0.15, -0.1) is 0 Å². The smallest absolute Gasteiger partial charge is 1.00 e. The van der Waals surface area contributed by atoms with Crippen LogP contribution in [0.2, 0.25) is 0 Å². The minimum absolute atomic E-state index is 0. The van der Waals surface area contributed by atoms with Gasteiger partial charge in [0.2, 0.25) is 0 Å². The number of carbonyl (C=O) groups excluding carboxylic acids is 1. The average Bonchev–Trinajstić information content (AvgIpc) is 3.18. The molecule has 0 bridgehead atoms. The number of ether oxygens (including phenoxy) is 1. The molecule has 0 saturated heterocycles. The van der Waals surface area contributed by atoms with Crippen molar-refractivity contribution in [1.29, 1.82) is 0 Å². The van der Waals surface area contributed by atoms with Gasteiger partial charge in [0, 0.05) is 12.4 Å². The van der Waals surface area contributed by atoms with E-state index < -0.39 is 24.9 Å². The molecule has 0 amide bonds. The topological polar surface area (TPSA) is 154 Å². The van der Waals surface area contributed by atoms with E-state index in [0.717, 1.165) is 0 Å². The number of nitrogens with zero attached hydrogens (tertiary/aromatic N) is 2. The van der Waals surface area contributed by atoms with Gasteiger partial charge < -0.3 is 21.7 Å². The third-order valence-corrected chi connectivity index (χ3v) is 4.17. The van der Waals surface area contributed by atoms with Crippen molar-refractivity contribution in [1.82, 2.24) is 9.55 Å². The van der Waals surface area contributed by atoms with Crippen molar-refractivity contribution in [3.05, 3.63) is 28.3 Å². The van der Waals surface area contributed by atoms with Gasteiger partial charge in [-0.2, -0.15) is 4.98 Å². The van der Waals surface area contributed by atoms with Gasteiger partial charge in [0.15, 0.2) is 0 Å². The van der Waals surface area contributed by atoms with Gasteiger partial charge >= 0.3 is 38.3 Å². The van der Waals surface area contributed by atoms with Crippen LogP contribution in [0.3, 0.4) is 0 Å². The van der Waals surface area contributed by atoms with Crippen LogP contribution >= 0.6 is 7.82 Å². The molecule has 10 nitrogen and oxygen atoms in total. The number of anilines is 1. The van der Waals surface area contributed by atoms with Gasteiger partial charge in [0.1, 0.15) is 12.4 Å². The maximum atomic E-state index is 11.8. The summed E-state index contributed by atoms with van der Waals surface area (Å²) in [5.74, 6) is -0.694. The summed E-state index contributed by atoms with van der Waals surface area (Å²) in [5, 5.41) is 0. The van der Waals surface area contributed by atoms with Crippen LogP contribution in [-0.2, 0) is 18.6 Å². The number of hydrogen-bond acceptors (Lipinski definition) is 7. The van der Waals surface area contributed by atoms with E-state index in [1.54, 1.807) is 13.8 Å². The van der Waals surface area contributed by atoms with Gasteiger partial charge in [-0.1, -0.05) is 13.8 Å². The summed E-state index contributed by atoms with van der Waals surface area (Å²) in [6.07, 6.45) is 3.25. The maximum Gasteiger partial charge on any atom is 1.00 e. The summed E-state index contributed by atoms with van der Waals surface area (Å²) in [5.41, 5.74) is 4.59. The predicted octanol–water partition coefficient (Wildman–Crippen LogP) is -2.52. The number of nitrogens with two attached hydrogens (primary N) is 1. The van der Waals surface area contributed by atoms with Crippen LogP contribution in [0.5, 0.6) is 0 Å². The number of hydrogen-bond donors (Lipinski definition) is 3. The Kier molecular flexibility index (Phi) is 7.42. The third kappa shape index (κ3) is 6.09. The molecule has 1 aliphatic rings. The molecule has 0 aliphatic heterocycles. The number of nitrogen functional groups attached to an aromatic ring is 1. The number of phosphoric ester groups is 1. The molecule has 4 N–H and O–H groups in total. The Morgan fingerprint density at radius 3 is 2.73 bits per heavy atom. The molecule has 0 unspecified atom stereocenters. The fourth-order valence-corrected chi connectivity index (χ4v) is 2.52. The molecule has 1 atom stereocenters. The molecule has 0 radical (unpaired) electrons. The summed E-state index contributed by atoms with van der Waals surface area (Å²) in [7, 11) is -4.68. The second-order valence-electron chi connectivity index (χ2n) is 6.18. The molecule has 0 aromatic carbocycles. The Hall–Kier alpha value is -1.40. The Morgan fingerprint density at radius 2 is 2.19 bits per heavy atom. The third-order valence-electron chi connectivity index (χ3n) is 3.70. The molecule has 2 rings (SSSR count). The molecular weight excluding hydrogens is 360 g/mol. The van der Waals surface area contributed by atoms with Gasteiger partial charge in [-0.3, -0.25) is 13.9 Å². The van der Waals surface area contributed by atoms with E-state index in [4.69, 9.17) is 20.3 Å². The first-order chi connectivity index (χ1) is 11.5. The molecule has 1 aliphatic carbocycles. The monoisotopic (exact) mass is 381 g/mol. The summed E-state index contributed by atoms with van der Waals surface area (Å²) in [4.78, 5) is 44.8. The molecular formula is C14H21LiN3O7P. The van der Waals surface area contributed by atoms with E-state index in [9.17, 15) is 14.2 Å². The Morgan fingerprint density at radius 1 is 1.54 bits per heavy atom. The number of rotatable bonds is 7. The van der Waals surface area contributed by atoms with Crippen molar-refractivity contribution in [2.24, 2.45) is 11.3 Å². The van der Waals surface area contributed by atoms with Crippen LogP contribution < -0.4 is 30.3 Å². The van der Waals surface area contributed by atoms with Crippen LogP contribution in [0.15, 0.2) is 22.6 Å². The van der Waals surface area contributed by atoms with Crippen LogP contribution in [-0.4, -0.2) is 38.5 Å². The summed E-state index contributed by atoms with van der Waals surface area (Å²) >= 11 is 0. The minimum Gasteiger partial charge on any atom is -1.00 e. The molecule has 1 heterocycles. The van der Waals surface area contributed by atoms with Gasteiger partial charge in [0.05, 0.1) is 17.9 Å². The number of esters is 1. The largest absolute Gasteiger partial charge is 1.00 e. The molecule has 1 fully saturated rings. The van der Waals surface area contributed by atoms with E-state index in [2.05, 4.69) is 9.51 Å². The number of carbonyl (C=O) groups is 1. The van der Waals surface area contributed by atoms with Crippen LogP contribution in [0.4, 0.5) is 5.82 Å². The van der Waals surface area contributed by atoms with Crippen LogP contribution in [0.25, 0.3) is 6.20 Å². The van der Waals surface area contributed by atoms with Gasteiger partial charge in [0.25, 0.3) is 0 Å². The summed E-state index contributed by atoms with van der Waals surface area (Å²) in [6, 6.07) is 1.44. The first-order valence-electron chi connectivity index (χ1n) is 7.45. The second-order valence-corrected chi connectivity index (χ2v) is 7.42. The SMILES string of the molecule is CC(C)C(=O)OC[C@]1(COP(=O)(O)O)C/C1=C/n1ccc(N)nc1=O.[H-].[Li+]. The average molecular weight is 381 g/mol. The second kappa shape index (κ2) is 8.52. The van der Waals surface area contributed by atoms with E-state index in [-0.39, 0.29) is 45.2 Å². The van der Waals surface area contributed by atoms with Crippen molar-refractivity contribution in [2.45, 2.75) is 20.3 Å². The van der Waals surface area contributed by atoms with Crippen molar-refractivity contribution >= 4 is 25.8 Å².